The van der Waals surface area contributed by atoms with E-state index >= 15 is 0 Å². The molecule has 0 radical (unpaired) electrons. The summed E-state index contributed by atoms with van der Waals surface area (Å²) >= 11 is 0. The number of benzene rings is 1. The van der Waals surface area contributed by atoms with Crippen LogP contribution in [-0.4, -0.2) is 40.9 Å². The van der Waals surface area contributed by atoms with Crippen molar-refractivity contribution >= 4 is 12.0 Å². The highest BCUT2D eigenvalue weighted by Crippen LogP contribution is 2.05. The first-order chi connectivity index (χ1) is 9.88. The summed E-state index contributed by atoms with van der Waals surface area (Å²) in [5, 5.41) is 22.6. The first-order valence-electron chi connectivity index (χ1n) is 6.58. The van der Waals surface area contributed by atoms with E-state index in [1.54, 1.807) is 19.1 Å². The minimum atomic E-state index is -1.48. The Morgan fingerprint density at radius 1 is 1.29 bits per heavy atom. The van der Waals surface area contributed by atoms with Gasteiger partial charge in [-0.3, -0.25) is 0 Å². The van der Waals surface area contributed by atoms with Crippen molar-refractivity contribution in [3.05, 3.63) is 35.6 Å². The van der Waals surface area contributed by atoms with Crippen molar-refractivity contribution in [1.29, 1.82) is 0 Å². The number of hydrogen-bond acceptors (Lipinski definition) is 3. The Hall–Kier alpha value is -2.15. The Morgan fingerprint density at radius 2 is 1.90 bits per heavy atom. The lowest BCUT2D eigenvalue weighted by atomic mass is 10.1. The van der Waals surface area contributed by atoms with Gasteiger partial charge in [0.1, 0.15) is 5.82 Å². The Bertz CT molecular complexity index is 478. The number of hydrogen-bond donors (Lipinski definition) is 4. The van der Waals surface area contributed by atoms with Crippen LogP contribution in [0.4, 0.5) is 9.18 Å². The summed E-state index contributed by atoms with van der Waals surface area (Å²) in [4.78, 5) is 21.9. The average molecular weight is 298 g/mol. The molecule has 7 heteroatoms. The molecule has 0 fully saturated rings. The second kappa shape index (κ2) is 8.21. The highest BCUT2D eigenvalue weighted by molar-refractivity contribution is 5.74. The molecular weight excluding hydrogens is 279 g/mol. The number of carbonyl (C=O) groups excluding carboxylic acids is 1. The fraction of sp³-hybridized carbons (Fsp3) is 0.429. The fourth-order valence-electron chi connectivity index (χ4n) is 1.75. The number of halogens is 1. The zero-order valence-corrected chi connectivity index (χ0v) is 11.7. The van der Waals surface area contributed by atoms with Gasteiger partial charge in [-0.2, -0.15) is 0 Å². The number of aliphatic hydroxyl groups is 1. The molecular formula is C14H19FN2O4. The Kier molecular flexibility index (Phi) is 6.61. The van der Waals surface area contributed by atoms with Crippen LogP contribution in [0.2, 0.25) is 0 Å². The summed E-state index contributed by atoms with van der Waals surface area (Å²) in [5.41, 5.74) is 0.894. The van der Waals surface area contributed by atoms with Gasteiger partial charge in [0.15, 0.2) is 6.10 Å². The van der Waals surface area contributed by atoms with Crippen molar-refractivity contribution in [2.45, 2.75) is 31.9 Å². The molecule has 0 bridgehead atoms. The van der Waals surface area contributed by atoms with Gasteiger partial charge in [0.05, 0.1) is 0 Å². The maximum Gasteiger partial charge on any atom is 0.332 e. The van der Waals surface area contributed by atoms with Gasteiger partial charge in [-0.1, -0.05) is 12.1 Å². The van der Waals surface area contributed by atoms with Crippen molar-refractivity contribution in [3.8, 4) is 0 Å². The highest BCUT2D eigenvalue weighted by atomic mass is 19.1. The number of amides is 2. The molecule has 0 aromatic heterocycles. The van der Waals surface area contributed by atoms with E-state index in [4.69, 9.17) is 10.2 Å². The van der Waals surface area contributed by atoms with Gasteiger partial charge in [-0.05, 0) is 31.0 Å². The number of aliphatic hydroxyl groups excluding tert-OH is 1. The molecule has 21 heavy (non-hydrogen) atoms. The fourth-order valence-corrected chi connectivity index (χ4v) is 1.75. The van der Waals surface area contributed by atoms with Crippen LogP contribution in [0.3, 0.4) is 0 Å². The lowest BCUT2D eigenvalue weighted by Crippen LogP contribution is -2.42. The average Bonchev–Trinajstić information content (AvgIpc) is 2.41. The van der Waals surface area contributed by atoms with Crippen molar-refractivity contribution in [2.24, 2.45) is 0 Å². The molecule has 0 aliphatic carbocycles. The largest absolute Gasteiger partial charge is 0.479 e. The standard InChI is InChI=1S/C14H19FN2O4/c1-9(8-10-2-4-11(15)5-3-10)17-14(21)16-7-6-12(18)13(19)20/h2-5,9,12,18H,6-8H2,1H3,(H,19,20)(H2,16,17,21). The van der Waals surface area contributed by atoms with Crippen LogP contribution in [0.25, 0.3) is 0 Å². The SMILES string of the molecule is CC(Cc1ccc(F)cc1)NC(=O)NCCC(O)C(=O)O. The Morgan fingerprint density at radius 3 is 2.48 bits per heavy atom. The zero-order valence-electron chi connectivity index (χ0n) is 11.7. The molecule has 6 nitrogen and oxygen atoms in total. The van der Waals surface area contributed by atoms with Crippen molar-refractivity contribution in [2.75, 3.05) is 6.54 Å². The monoisotopic (exact) mass is 298 g/mol. The van der Waals surface area contributed by atoms with Gasteiger partial charge in [0.25, 0.3) is 0 Å². The Labute approximate surface area is 122 Å². The molecule has 2 amide bonds. The molecule has 0 aliphatic rings. The topological polar surface area (TPSA) is 98.7 Å². The van der Waals surface area contributed by atoms with Gasteiger partial charge in [0, 0.05) is 19.0 Å². The third-order valence-corrected chi connectivity index (χ3v) is 2.82. The van der Waals surface area contributed by atoms with E-state index in [1.807, 2.05) is 0 Å². The summed E-state index contributed by atoms with van der Waals surface area (Å²) in [6, 6.07) is 5.40. The van der Waals surface area contributed by atoms with E-state index in [9.17, 15) is 14.0 Å². The minimum absolute atomic E-state index is 0.0581. The lowest BCUT2D eigenvalue weighted by Gasteiger charge is -2.15. The third-order valence-electron chi connectivity index (χ3n) is 2.82. The van der Waals surface area contributed by atoms with E-state index in [0.717, 1.165) is 5.56 Å². The molecule has 4 N–H and O–H groups in total. The maximum atomic E-state index is 12.8. The normalized spacial score (nSPS) is 13.3. The molecule has 2 unspecified atom stereocenters. The molecule has 0 spiro atoms. The van der Waals surface area contributed by atoms with Gasteiger partial charge in [-0.15, -0.1) is 0 Å². The molecule has 1 aromatic carbocycles. The third kappa shape index (κ3) is 6.71. The molecule has 0 saturated carbocycles. The van der Waals surface area contributed by atoms with E-state index in [0.29, 0.717) is 6.42 Å². The number of carboxylic acid groups (broad SMARTS) is 1. The number of rotatable bonds is 7. The minimum Gasteiger partial charge on any atom is -0.479 e. The summed E-state index contributed by atoms with van der Waals surface area (Å²) in [5.74, 6) is -1.63. The van der Waals surface area contributed by atoms with E-state index in [1.165, 1.54) is 12.1 Å². The van der Waals surface area contributed by atoms with Crippen molar-refractivity contribution in [3.63, 3.8) is 0 Å². The highest BCUT2D eigenvalue weighted by Gasteiger charge is 2.13. The van der Waals surface area contributed by atoms with E-state index in [2.05, 4.69) is 10.6 Å². The van der Waals surface area contributed by atoms with Crippen LogP contribution < -0.4 is 10.6 Å². The lowest BCUT2D eigenvalue weighted by molar-refractivity contribution is -0.146. The van der Waals surface area contributed by atoms with Crippen LogP contribution in [0, 0.1) is 5.82 Å². The van der Waals surface area contributed by atoms with Gasteiger partial charge >= 0.3 is 12.0 Å². The van der Waals surface area contributed by atoms with Gasteiger partial charge in [-0.25, -0.2) is 14.0 Å². The molecule has 0 saturated heterocycles. The molecule has 1 aromatic rings. The van der Waals surface area contributed by atoms with Crippen LogP contribution in [0.15, 0.2) is 24.3 Å². The van der Waals surface area contributed by atoms with Gasteiger partial charge < -0.3 is 20.8 Å². The van der Waals surface area contributed by atoms with E-state index < -0.39 is 18.1 Å². The molecule has 0 heterocycles. The quantitative estimate of drug-likeness (QED) is 0.601. The number of urea groups is 1. The summed E-state index contributed by atoms with van der Waals surface area (Å²) < 4.78 is 12.8. The van der Waals surface area contributed by atoms with Crippen LogP contribution in [0.5, 0.6) is 0 Å². The van der Waals surface area contributed by atoms with Crippen LogP contribution in [0.1, 0.15) is 18.9 Å². The maximum absolute atomic E-state index is 12.8. The zero-order chi connectivity index (χ0) is 15.8. The summed E-state index contributed by atoms with van der Waals surface area (Å²) in [6.45, 7) is 1.86. The summed E-state index contributed by atoms with van der Waals surface area (Å²) in [6.07, 6.45) is -0.998. The first kappa shape index (κ1) is 16.9. The predicted octanol–water partition coefficient (Wildman–Crippen LogP) is 0.892. The molecule has 0 aliphatic heterocycles. The number of nitrogens with one attached hydrogen (secondary N) is 2. The van der Waals surface area contributed by atoms with Crippen molar-refractivity contribution in [1.82, 2.24) is 10.6 Å². The molecule has 116 valence electrons. The van der Waals surface area contributed by atoms with Crippen molar-refractivity contribution < 1.29 is 24.2 Å². The molecule has 1 rings (SSSR count). The first-order valence-corrected chi connectivity index (χ1v) is 6.58. The Balaban J connectivity index is 2.27. The number of carbonyl (C=O) groups is 2. The second-order valence-electron chi connectivity index (χ2n) is 4.77. The van der Waals surface area contributed by atoms with Crippen LogP contribution in [-0.2, 0) is 11.2 Å². The predicted molar refractivity (Wildman–Crippen MR) is 74.4 cm³/mol. The van der Waals surface area contributed by atoms with E-state index in [-0.39, 0.29) is 24.8 Å². The van der Waals surface area contributed by atoms with Gasteiger partial charge in [0.2, 0.25) is 0 Å². The van der Waals surface area contributed by atoms with Crippen LogP contribution >= 0.6 is 0 Å². The molecule has 2 atom stereocenters. The number of aliphatic carboxylic acids is 1. The summed E-state index contributed by atoms with van der Waals surface area (Å²) in [7, 11) is 0. The smallest absolute Gasteiger partial charge is 0.332 e. The second-order valence-corrected chi connectivity index (χ2v) is 4.77. The number of carboxylic acids is 1.